The third kappa shape index (κ3) is 5.66. The predicted octanol–water partition coefficient (Wildman–Crippen LogP) is 2.23. The fourth-order valence-corrected chi connectivity index (χ4v) is 1.68. The largest absolute Gasteiger partial charge is 0.384 e. The van der Waals surface area contributed by atoms with E-state index in [9.17, 15) is 10.2 Å². The molecular weight excluding hydrogens is 228 g/mol. The van der Waals surface area contributed by atoms with Gasteiger partial charge in [-0.05, 0) is 25.3 Å². The molecule has 3 nitrogen and oxygen atoms in total. The lowest BCUT2D eigenvalue weighted by Gasteiger charge is -2.12. The van der Waals surface area contributed by atoms with Gasteiger partial charge in [0.2, 0.25) is 0 Å². The zero-order chi connectivity index (χ0) is 12.6. The van der Waals surface area contributed by atoms with Gasteiger partial charge in [-0.2, -0.15) is 0 Å². The van der Waals surface area contributed by atoms with Crippen LogP contribution in [0, 0.1) is 0 Å². The summed E-state index contributed by atoms with van der Waals surface area (Å²) < 4.78 is 4.96. The predicted molar refractivity (Wildman–Crippen MR) is 66.5 cm³/mol. The summed E-state index contributed by atoms with van der Waals surface area (Å²) in [4.78, 5) is 0. The van der Waals surface area contributed by atoms with Crippen molar-refractivity contribution in [3.05, 3.63) is 22.8 Å². The van der Waals surface area contributed by atoms with Crippen LogP contribution in [0.1, 0.15) is 26.7 Å². The molecule has 0 aromatic heterocycles. The van der Waals surface area contributed by atoms with Gasteiger partial charge in [0.05, 0.1) is 0 Å². The molecule has 0 radical (unpaired) electrons. The molecule has 0 unspecified atom stereocenters. The number of aliphatic hydroxyl groups excluding tert-OH is 1. The Morgan fingerprint density at radius 3 is 2.44 bits per heavy atom. The Kier molecular flexibility index (Phi) is 8.57. The Bertz CT molecular complexity index is 251. The lowest BCUT2D eigenvalue weighted by Crippen LogP contribution is -2.11. The molecule has 0 bridgehead atoms. The lowest BCUT2D eigenvalue weighted by molar-refractivity contribution is -0.00577. The van der Waals surface area contributed by atoms with Crippen molar-refractivity contribution in [2.45, 2.75) is 33.0 Å². The summed E-state index contributed by atoms with van der Waals surface area (Å²) in [7, 11) is 1.64. The van der Waals surface area contributed by atoms with Gasteiger partial charge in [-0.15, -0.1) is 11.6 Å². The van der Waals surface area contributed by atoms with Gasteiger partial charge in [-0.1, -0.05) is 18.6 Å². The Labute approximate surface area is 102 Å². The summed E-state index contributed by atoms with van der Waals surface area (Å²) in [6.07, 6.45) is 1.80. The summed E-state index contributed by atoms with van der Waals surface area (Å²) in [6.45, 7) is 4.50. The van der Waals surface area contributed by atoms with Crippen molar-refractivity contribution in [1.29, 1.82) is 0 Å². The highest BCUT2D eigenvalue weighted by Gasteiger charge is 2.10. The van der Waals surface area contributed by atoms with Gasteiger partial charge in [0.1, 0.15) is 0 Å². The van der Waals surface area contributed by atoms with Crippen LogP contribution in [-0.4, -0.2) is 36.1 Å². The third-order valence-electron chi connectivity index (χ3n) is 2.38. The first-order valence-electron chi connectivity index (χ1n) is 5.36. The lowest BCUT2D eigenvalue weighted by atomic mass is 10.0. The number of alkyl halides is 1. The molecule has 0 amide bonds. The summed E-state index contributed by atoms with van der Waals surface area (Å²) in [6, 6.07) is 0. The second kappa shape index (κ2) is 8.76. The quantitative estimate of drug-likeness (QED) is 0.413. The summed E-state index contributed by atoms with van der Waals surface area (Å²) >= 11 is 5.76. The number of aliphatic hydroxyl groups is 2. The van der Waals surface area contributed by atoms with Gasteiger partial charge in [0.25, 0.3) is 0 Å². The van der Waals surface area contributed by atoms with Gasteiger partial charge < -0.3 is 14.9 Å². The zero-order valence-corrected chi connectivity index (χ0v) is 10.9. The SMILES string of the molecule is CC/C(CCl)=C(\C=C(/C)CCOC)C(O)O. The van der Waals surface area contributed by atoms with Crippen LogP contribution in [0.25, 0.3) is 0 Å². The molecular formula is C12H21ClO3. The maximum Gasteiger partial charge on any atom is 0.178 e. The molecule has 0 aliphatic heterocycles. The molecule has 0 rings (SSSR count). The first-order valence-corrected chi connectivity index (χ1v) is 5.90. The minimum atomic E-state index is -1.47. The highest BCUT2D eigenvalue weighted by molar-refractivity contribution is 6.19. The smallest absolute Gasteiger partial charge is 0.178 e. The maximum atomic E-state index is 9.28. The van der Waals surface area contributed by atoms with Gasteiger partial charge in [0.15, 0.2) is 6.29 Å². The molecule has 16 heavy (non-hydrogen) atoms. The molecule has 0 heterocycles. The maximum absolute atomic E-state index is 9.28. The van der Waals surface area contributed by atoms with Crippen LogP contribution in [0.4, 0.5) is 0 Å². The number of methoxy groups -OCH3 is 1. The van der Waals surface area contributed by atoms with Crippen LogP contribution in [0.3, 0.4) is 0 Å². The topological polar surface area (TPSA) is 49.7 Å². The summed E-state index contributed by atoms with van der Waals surface area (Å²) in [5, 5.41) is 18.6. The molecule has 0 saturated carbocycles. The first kappa shape index (κ1) is 15.7. The Balaban J connectivity index is 4.86. The average Bonchev–Trinajstić information content (AvgIpc) is 2.26. The van der Waals surface area contributed by atoms with E-state index in [4.69, 9.17) is 16.3 Å². The fraction of sp³-hybridized carbons (Fsp3) is 0.667. The third-order valence-corrected chi connectivity index (χ3v) is 2.70. The van der Waals surface area contributed by atoms with Crippen LogP contribution in [0.5, 0.6) is 0 Å². The van der Waals surface area contributed by atoms with Crippen molar-refractivity contribution in [2.75, 3.05) is 19.6 Å². The van der Waals surface area contributed by atoms with Gasteiger partial charge >= 0.3 is 0 Å². The number of hydrogen-bond acceptors (Lipinski definition) is 3. The van der Waals surface area contributed by atoms with Crippen molar-refractivity contribution in [2.24, 2.45) is 0 Å². The van der Waals surface area contributed by atoms with Gasteiger partial charge in [-0.25, -0.2) is 0 Å². The molecule has 0 fully saturated rings. The van der Waals surface area contributed by atoms with Crippen molar-refractivity contribution in [1.82, 2.24) is 0 Å². The Hall–Kier alpha value is -0.350. The van der Waals surface area contributed by atoms with Crippen LogP contribution >= 0.6 is 11.6 Å². The van der Waals surface area contributed by atoms with Crippen molar-refractivity contribution >= 4 is 11.6 Å². The Morgan fingerprint density at radius 1 is 1.44 bits per heavy atom. The van der Waals surface area contributed by atoms with Crippen molar-refractivity contribution in [3.63, 3.8) is 0 Å². The van der Waals surface area contributed by atoms with E-state index in [1.807, 2.05) is 13.8 Å². The Morgan fingerprint density at radius 2 is 2.06 bits per heavy atom. The zero-order valence-electron chi connectivity index (χ0n) is 10.2. The molecule has 0 aliphatic carbocycles. The normalized spacial score (nSPS) is 14.3. The second-order valence-corrected chi connectivity index (χ2v) is 3.92. The van der Waals surface area contributed by atoms with Crippen LogP contribution < -0.4 is 0 Å². The number of rotatable bonds is 7. The van der Waals surface area contributed by atoms with E-state index in [0.717, 1.165) is 17.6 Å². The summed E-state index contributed by atoms with van der Waals surface area (Å²) in [5.41, 5.74) is 2.40. The molecule has 2 N–H and O–H groups in total. The molecule has 4 heteroatoms. The van der Waals surface area contributed by atoms with E-state index >= 15 is 0 Å². The highest BCUT2D eigenvalue weighted by Crippen LogP contribution is 2.17. The summed E-state index contributed by atoms with van der Waals surface area (Å²) in [5.74, 6) is 0.317. The fourth-order valence-electron chi connectivity index (χ4n) is 1.34. The molecule has 0 aromatic rings. The average molecular weight is 249 g/mol. The van der Waals surface area contributed by atoms with Crippen molar-refractivity contribution < 1.29 is 14.9 Å². The molecule has 94 valence electrons. The van der Waals surface area contributed by atoms with E-state index < -0.39 is 6.29 Å². The van der Waals surface area contributed by atoms with Crippen LogP contribution in [-0.2, 0) is 4.74 Å². The van der Waals surface area contributed by atoms with Crippen LogP contribution in [0.2, 0.25) is 0 Å². The molecule has 0 saturated heterocycles. The number of ether oxygens (including phenoxy) is 1. The van der Waals surface area contributed by atoms with Gasteiger partial charge in [0, 0.05) is 25.2 Å². The second-order valence-electron chi connectivity index (χ2n) is 3.65. The number of hydrogen-bond donors (Lipinski definition) is 2. The number of allylic oxidation sites excluding steroid dienone is 1. The van der Waals surface area contributed by atoms with E-state index in [1.54, 1.807) is 13.2 Å². The minimum Gasteiger partial charge on any atom is -0.384 e. The van der Waals surface area contributed by atoms with Crippen LogP contribution in [0.15, 0.2) is 22.8 Å². The minimum absolute atomic E-state index is 0.317. The molecule has 0 aliphatic rings. The molecule has 0 aromatic carbocycles. The highest BCUT2D eigenvalue weighted by atomic mass is 35.5. The van der Waals surface area contributed by atoms with Gasteiger partial charge in [-0.3, -0.25) is 0 Å². The molecule has 0 atom stereocenters. The van der Waals surface area contributed by atoms with E-state index in [-0.39, 0.29) is 0 Å². The first-order chi connectivity index (χ1) is 7.56. The standard InChI is InChI=1S/C12H21ClO3/c1-4-10(8-13)11(12(14)15)7-9(2)5-6-16-3/h7,12,14-15H,4-6,8H2,1-3H3/b9-7+,11-10-. The van der Waals surface area contributed by atoms with E-state index in [2.05, 4.69) is 0 Å². The van der Waals surface area contributed by atoms with E-state index in [1.165, 1.54) is 0 Å². The number of halogens is 1. The molecule has 0 spiro atoms. The van der Waals surface area contributed by atoms with Crippen molar-refractivity contribution in [3.8, 4) is 0 Å². The van der Waals surface area contributed by atoms with E-state index in [0.29, 0.717) is 24.5 Å². The monoisotopic (exact) mass is 248 g/mol.